The van der Waals surface area contributed by atoms with Crippen LogP contribution in [-0.2, 0) is 18.2 Å². The molecule has 3 heterocycles. The van der Waals surface area contributed by atoms with Gasteiger partial charge in [-0.05, 0) is 26.0 Å². The highest BCUT2D eigenvalue weighted by Crippen LogP contribution is 2.32. The monoisotopic (exact) mass is 341 g/mol. The lowest BCUT2D eigenvalue weighted by atomic mass is 9.98. The van der Waals surface area contributed by atoms with E-state index in [1.165, 1.54) is 0 Å². The lowest BCUT2D eigenvalue weighted by Crippen LogP contribution is -2.56. The number of carbonyl (C=O) groups excluding carboxylic acids is 1. The highest BCUT2D eigenvalue weighted by Gasteiger charge is 2.38. The Morgan fingerprint density at radius 3 is 2.68 bits per heavy atom. The summed E-state index contributed by atoms with van der Waals surface area (Å²) in [4.78, 5) is 14.8. The van der Waals surface area contributed by atoms with Crippen LogP contribution in [-0.4, -0.2) is 45.9 Å². The van der Waals surface area contributed by atoms with Crippen molar-refractivity contribution >= 4 is 5.91 Å². The first kappa shape index (κ1) is 16.1. The van der Waals surface area contributed by atoms with Crippen molar-refractivity contribution in [1.29, 1.82) is 0 Å². The van der Waals surface area contributed by atoms with Crippen molar-refractivity contribution in [3.63, 3.8) is 0 Å². The fourth-order valence-electron chi connectivity index (χ4n) is 3.65. The second kappa shape index (κ2) is 6.19. The van der Waals surface area contributed by atoms with Crippen LogP contribution in [0, 0.1) is 0 Å². The van der Waals surface area contributed by atoms with Gasteiger partial charge in [0.2, 0.25) is 0 Å². The number of hydrogen-bond donors (Lipinski definition) is 0. The van der Waals surface area contributed by atoms with Crippen LogP contribution >= 0.6 is 0 Å². The molecule has 2 atom stereocenters. The molecule has 1 aromatic heterocycles. The molecule has 1 saturated heterocycles. The Hall–Kier alpha value is -2.34. The zero-order valence-electron chi connectivity index (χ0n) is 14.8. The number of rotatable bonds is 3. The van der Waals surface area contributed by atoms with Gasteiger partial charge in [0.25, 0.3) is 5.91 Å². The number of benzene rings is 1. The third-order valence-corrected chi connectivity index (χ3v) is 4.87. The highest BCUT2D eigenvalue weighted by molar-refractivity contribution is 5.95. The van der Waals surface area contributed by atoms with Gasteiger partial charge in [-0.25, -0.2) is 0 Å². The van der Waals surface area contributed by atoms with Crippen molar-refractivity contribution in [1.82, 2.24) is 14.7 Å². The van der Waals surface area contributed by atoms with Gasteiger partial charge < -0.3 is 14.4 Å². The van der Waals surface area contributed by atoms with Gasteiger partial charge in [0.05, 0.1) is 31.0 Å². The minimum atomic E-state index is -0.0722. The molecule has 0 N–H and O–H groups in total. The lowest BCUT2D eigenvalue weighted by molar-refractivity contribution is -0.00738. The van der Waals surface area contributed by atoms with Crippen LogP contribution in [0.2, 0.25) is 0 Å². The molecule has 0 unspecified atom stereocenters. The number of carbonyl (C=O) groups is 1. The minimum Gasteiger partial charge on any atom is -0.487 e. The Morgan fingerprint density at radius 1 is 1.24 bits per heavy atom. The molecule has 0 radical (unpaired) electrons. The summed E-state index contributed by atoms with van der Waals surface area (Å²) in [5, 5.41) is 4.53. The molecule has 1 amide bonds. The Morgan fingerprint density at radius 2 is 1.96 bits per heavy atom. The van der Waals surface area contributed by atoms with E-state index >= 15 is 0 Å². The number of nitrogens with zero attached hydrogens (tertiary/aromatic N) is 3. The number of amides is 1. The van der Waals surface area contributed by atoms with E-state index in [2.05, 4.69) is 5.10 Å². The molecule has 0 spiro atoms. The fourth-order valence-corrected chi connectivity index (χ4v) is 3.65. The van der Waals surface area contributed by atoms with E-state index in [-0.39, 0.29) is 24.2 Å². The van der Waals surface area contributed by atoms with Crippen molar-refractivity contribution in [2.75, 3.05) is 13.1 Å². The van der Waals surface area contributed by atoms with Crippen molar-refractivity contribution in [2.45, 2.75) is 38.6 Å². The van der Waals surface area contributed by atoms with E-state index in [9.17, 15) is 4.79 Å². The first-order chi connectivity index (χ1) is 12.0. The molecule has 2 aliphatic heterocycles. The zero-order chi connectivity index (χ0) is 17.6. The number of aromatic nitrogens is 2. The van der Waals surface area contributed by atoms with Crippen LogP contribution < -0.4 is 4.74 Å². The molecule has 4 rings (SSSR count). The number of hydrogen-bond acceptors (Lipinski definition) is 4. The molecule has 6 nitrogen and oxygen atoms in total. The first-order valence-electron chi connectivity index (χ1n) is 8.75. The van der Waals surface area contributed by atoms with Crippen molar-refractivity contribution in [2.24, 2.45) is 7.05 Å². The first-order valence-corrected chi connectivity index (χ1v) is 8.75. The second-order valence-electron chi connectivity index (χ2n) is 6.89. The van der Waals surface area contributed by atoms with Crippen molar-refractivity contribution < 1.29 is 14.3 Å². The van der Waals surface area contributed by atoms with Crippen LogP contribution in [0.4, 0.5) is 0 Å². The quantitative estimate of drug-likeness (QED) is 0.860. The maximum absolute atomic E-state index is 13.0. The number of para-hydroxylation sites is 1. The summed E-state index contributed by atoms with van der Waals surface area (Å²) in [6, 6.07) is 9.72. The zero-order valence-corrected chi connectivity index (χ0v) is 14.8. The van der Waals surface area contributed by atoms with Crippen molar-refractivity contribution in [3.05, 3.63) is 47.3 Å². The van der Waals surface area contributed by atoms with E-state index in [0.717, 1.165) is 23.4 Å². The molecule has 0 saturated carbocycles. The Kier molecular flexibility index (Phi) is 4.00. The summed E-state index contributed by atoms with van der Waals surface area (Å²) in [6.45, 7) is 5.24. The smallest absolute Gasteiger partial charge is 0.272 e. The Bertz CT molecular complexity index is 781. The normalized spacial score (nSPS) is 23.1. The summed E-state index contributed by atoms with van der Waals surface area (Å²) in [5.41, 5.74) is 2.61. The van der Waals surface area contributed by atoms with Gasteiger partial charge in [-0.1, -0.05) is 18.2 Å². The number of likely N-dealkylation sites (tertiary alicyclic amines) is 1. The summed E-state index contributed by atoms with van der Waals surface area (Å²) in [5.74, 6) is 0.878. The molecule has 1 aromatic carbocycles. The van der Waals surface area contributed by atoms with Crippen LogP contribution in [0.1, 0.15) is 41.7 Å². The largest absolute Gasteiger partial charge is 0.487 e. The Labute approximate surface area is 147 Å². The number of aryl methyl sites for hydroxylation is 1. The Balaban J connectivity index is 1.46. The van der Waals surface area contributed by atoms with E-state index in [1.807, 2.05) is 56.1 Å². The van der Waals surface area contributed by atoms with E-state index in [0.29, 0.717) is 18.8 Å². The molecule has 1 fully saturated rings. The van der Waals surface area contributed by atoms with Gasteiger partial charge in [0.15, 0.2) is 0 Å². The van der Waals surface area contributed by atoms with Gasteiger partial charge in [-0.3, -0.25) is 9.48 Å². The van der Waals surface area contributed by atoms with Gasteiger partial charge in [-0.15, -0.1) is 0 Å². The summed E-state index contributed by atoms with van der Waals surface area (Å²) in [6.07, 6.45) is 0.810. The molecular formula is C19H23N3O3. The topological polar surface area (TPSA) is 56.6 Å². The highest BCUT2D eigenvalue weighted by atomic mass is 16.5. The van der Waals surface area contributed by atoms with Gasteiger partial charge >= 0.3 is 0 Å². The molecule has 2 aliphatic rings. The molecule has 25 heavy (non-hydrogen) atoms. The SMILES string of the molecule is C[C@@H]1Cc2c(nn(C)c2C(=O)N2CC(Oc3ccccc3)C2)[C@H](C)O1. The van der Waals surface area contributed by atoms with Crippen LogP contribution in [0.25, 0.3) is 0 Å². The number of fused-ring (bicyclic) bond motifs is 1. The fraction of sp³-hybridized carbons (Fsp3) is 0.474. The van der Waals surface area contributed by atoms with Crippen LogP contribution in [0.3, 0.4) is 0 Å². The van der Waals surface area contributed by atoms with E-state index in [1.54, 1.807) is 4.68 Å². The van der Waals surface area contributed by atoms with Crippen molar-refractivity contribution in [3.8, 4) is 5.75 Å². The van der Waals surface area contributed by atoms with Gasteiger partial charge in [0, 0.05) is 19.0 Å². The van der Waals surface area contributed by atoms with E-state index in [4.69, 9.17) is 9.47 Å². The van der Waals surface area contributed by atoms with Crippen LogP contribution in [0.15, 0.2) is 30.3 Å². The van der Waals surface area contributed by atoms with Gasteiger partial charge in [-0.2, -0.15) is 5.10 Å². The maximum Gasteiger partial charge on any atom is 0.272 e. The third-order valence-electron chi connectivity index (χ3n) is 4.87. The molecule has 132 valence electrons. The second-order valence-corrected chi connectivity index (χ2v) is 6.89. The third kappa shape index (κ3) is 2.91. The molecule has 6 heteroatoms. The average Bonchev–Trinajstić information content (AvgIpc) is 2.87. The minimum absolute atomic E-state index is 0.0328. The number of ether oxygens (including phenoxy) is 2. The average molecular weight is 341 g/mol. The summed E-state index contributed by atoms with van der Waals surface area (Å²) >= 11 is 0. The van der Waals surface area contributed by atoms with Gasteiger partial charge in [0.1, 0.15) is 17.5 Å². The molecule has 0 aliphatic carbocycles. The van der Waals surface area contributed by atoms with E-state index < -0.39 is 0 Å². The predicted molar refractivity (Wildman–Crippen MR) is 92.6 cm³/mol. The summed E-state index contributed by atoms with van der Waals surface area (Å²) < 4.78 is 13.4. The molecule has 2 aromatic rings. The van der Waals surface area contributed by atoms with Crippen LogP contribution in [0.5, 0.6) is 5.75 Å². The standard InChI is InChI=1S/C19H23N3O3/c1-12-9-16-17(13(2)24-12)20-21(3)18(16)19(23)22-10-15(11-22)25-14-7-5-4-6-8-14/h4-8,12-13,15H,9-11H2,1-3H3/t12-,13+/m1/s1. The molecule has 0 bridgehead atoms. The maximum atomic E-state index is 13.0. The predicted octanol–water partition coefficient (Wildman–Crippen LogP) is 2.35. The summed E-state index contributed by atoms with van der Waals surface area (Å²) in [7, 11) is 1.83. The molecular weight excluding hydrogens is 318 g/mol. The lowest BCUT2D eigenvalue weighted by Gasteiger charge is -2.39.